The Balaban J connectivity index is 2.93. The topological polar surface area (TPSA) is 38.3 Å². The van der Waals surface area contributed by atoms with Gasteiger partial charge in [0.15, 0.2) is 11.7 Å². The maximum atomic E-state index is 13.2. The second-order valence-electron chi connectivity index (χ2n) is 3.40. The Morgan fingerprint density at radius 3 is 2.88 bits per heavy atom. The van der Waals surface area contributed by atoms with Gasteiger partial charge in [-0.3, -0.25) is 4.79 Å². The fourth-order valence-electron chi connectivity index (χ4n) is 1.23. The van der Waals surface area contributed by atoms with Gasteiger partial charge in [0.2, 0.25) is 0 Å². The van der Waals surface area contributed by atoms with Crippen molar-refractivity contribution in [3.63, 3.8) is 0 Å². The van der Waals surface area contributed by atoms with Gasteiger partial charge in [0.05, 0.1) is 13.5 Å². The van der Waals surface area contributed by atoms with Crippen LogP contribution in [0.5, 0.6) is 0 Å². The minimum absolute atomic E-state index is 0.0479. The third kappa shape index (κ3) is 3.86. The number of halogens is 2. The molecule has 17 heavy (non-hydrogen) atoms. The summed E-state index contributed by atoms with van der Waals surface area (Å²) in [6.07, 6.45) is 3.47. The van der Waals surface area contributed by atoms with E-state index in [1.807, 2.05) is 0 Å². The van der Waals surface area contributed by atoms with Crippen molar-refractivity contribution in [2.24, 2.45) is 0 Å². The van der Waals surface area contributed by atoms with Gasteiger partial charge in [-0.2, -0.15) is 0 Å². The molecule has 92 valence electrons. The lowest BCUT2D eigenvalue weighted by atomic mass is 10.0. The van der Waals surface area contributed by atoms with Gasteiger partial charge in [-0.05, 0) is 23.3 Å². The van der Waals surface area contributed by atoms with Crippen LogP contribution >= 0.6 is 0 Å². The van der Waals surface area contributed by atoms with Crippen LogP contribution in [0, 0.1) is 0 Å². The van der Waals surface area contributed by atoms with Crippen molar-refractivity contribution < 1.29 is 18.3 Å². The van der Waals surface area contributed by atoms with E-state index in [0.717, 1.165) is 12.2 Å². The number of esters is 1. The highest BCUT2D eigenvalue weighted by Crippen LogP contribution is 2.21. The summed E-state index contributed by atoms with van der Waals surface area (Å²) in [7, 11) is 1.26. The smallest absolute Gasteiger partial charge is 0.310 e. The van der Waals surface area contributed by atoms with Crippen LogP contribution in [0.3, 0.4) is 0 Å². The number of hydrogen-bond acceptors (Lipinski definition) is 3. The van der Waals surface area contributed by atoms with Crippen LogP contribution in [0.4, 0.5) is 8.78 Å². The van der Waals surface area contributed by atoms with Crippen molar-refractivity contribution in [3.8, 4) is 0 Å². The van der Waals surface area contributed by atoms with Gasteiger partial charge >= 0.3 is 5.97 Å². The maximum absolute atomic E-state index is 13.2. The average Bonchev–Trinajstić information content (AvgIpc) is 2.35. The van der Waals surface area contributed by atoms with Crippen molar-refractivity contribution in [3.05, 3.63) is 47.7 Å². The van der Waals surface area contributed by atoms with E-state index < -0.39 is 17.6 Å². The first-order valence-corrected chi connectivity index (χ1v) is 4.96. The van der Waals surface area contributed by atoms with Gasteiger partial charge in [0.1, 0.15) is 0 Å². The third-order valence-electron chi connectivity index (χ3n) is 2.18. The van der Waals surface area contributed by atoms with Crippen molar-refractivity contribution in [1.29, 1.82) is 0 Å². The lowest BCUT2D eigenvalue weighted by Crippen LogP contribution is -2.09. The highest BCUT2D eigenvalue weighted by atomic mass is 19.2. The summed E-state index contributed by atoms with van der Waals surface area (Å²) in [5, 5.41) is 2.74. The summed E-state index contributed by atoms with van der Waals surface area (Å²) in [5.74, 6) is -2.43. The maximum Gasteiger partial charge on any atom is 0.310 e. The van der Waals surface area contributed by atoms with Gasteiger partial charge in [-0.15, -0.1) is 0 Å². The largest absolute Gasteiger partial charge is 0.469 e. The van der Waals surface area contributed by atoms with Crippen molar-refractivity contribution in [1.82, 2.24) is 5.32 Å². The molecule has 0 saturated heterocycles. The third-order valence-corrected chi connectivity index (χ3v) is 2.18. The van der Waals surface area contributed by atoms with Crippen molar-refractivity contribution >= 4 is 5.97 Å². The summed E-state index contributed by atoms with van der Waals surface area (Å²) >= 11 is 0. The van der Waals surface area contributed by atoms with Gasteiger partial charge in [-0.1, -0.05) is 6.58 Å². The van der Waals surface area contributed by atoms with E-state index in [2.05, 4.69) is 16.6 Å². The second kappa shape index (κ2) is 5.98. The van der Waals surface area contributed by atoms with E-state index in [4.69, 9.17) is 0 Å². The molecular weight excluding hydrogens is 228 g/mol. The van der Waals surface area contributed by atoms with E-state index in [-0.39, 0.29) is 18.5 Å². The van der Waals surface area contributed by atoms with Crippen LogP contribution < -0.4 is 5.32 Å². The van der Waals surface area contributed by atoms with Crippen LogP contribution in [-0.4, -0.2) is 19.6 Å². The number of carbonyl (C=O) groups excluding carboxylic acids is 1. The molecule has 0 aromatic heterocycles. The lowest BCUT2D eigenvalue weighted by Gasteiger charge is -2.06. The highest BCUT2D eigenvalue weighted by Gasteiger charge is 2.12. The van der Waals surface area contributed by atoms with E-state index in [9.17, 15) is 13.6 Å². The molecule has 1 heterocycles. The summed E-state index contributed by atoms with van der Waals surface area (Å²) in [5.41, 5.74) is 0.681. The zero-order valence-corrected chi connectivity index (χ0v) is 9.43. The number of allylic oxidation sites excluding steroid dienone is 4. The highest BCUT2D eigenvalue weighted by molar-refractivity contribution is 5.74. The monoisotopic (exact) mass is 241 g/mol. The van der Waals surface area contributed by atoms with Gasteiger partial charge < -0.3 is 10.1 Å². The first kappa shape index (κ1) is 13.2. The molecule has 0 spiro atoms. The first-order chi connectivity index (χ1) is 8.04. The minimum Gasteiger partial charge on any atom is -0.469 e. The fraction of sp³-hybridized carbons (Fsp3) is 0.250. The van der Waals surface area contributed by atoms with Crippen LogP contribution in [0.25, 0.3) is 0 Å². The van der Waals surface area contributed by atoms with Gasteiger partial charge in [0.25, 0.3) is 0 Å². The quantitative estimate of drug-likeness (QED) is 0.754. The number of nitrogens with one attached hydrogen (secondary N) is 1. The molecule has 0 fully saturated rings. The Kier molecular flexibility index (Phi) is 4.63. The molecule has 0 radical (unpaired) electrons. The molecule has 0 aromatic rings. The molecule has 0 atom stereocenters. The summed E-state index contributed by atoms with van der Waals surface area (Å²) in [4.78, 5) is 11.1. The van der Waals surface area contributed by atoms with Crippen LogP contribution in [0.15, 0.2) is 47.7 Å². The Morgan fingerprint density at radius 1 is 1.53 bits per heavy atom. The predicted molar refractivity (Wildman–Crippen MR) is 60.2 cm³/mol. The molecule has 0 unspecified atom stereocenters. The lowest BCUT2D eigenvalue weighted by molar-refractivity contribution is -0.139. The average molecular weight is 241 g/mol. The SMILES string of the molecule is C=C1/C=C(F)\C(F)=C/CN/C=C\1CC(=O)OC. The predicted octanol–water partition coefficient (Wildman–Crippen LogP) is 2.30. The van der Waals surface area contributed by atoms with E-state index in [1.54, 1.807) is 0 Å². The molecule has 1 N–H and O–H groups in total. The standard InChI is InChI=1S/C12H13F2NO2/c1-8-5-11(14)10(13)3-4-15-7-9(8)6-12(16)17-2/h3,5,7,15H,1,4,6H2,2H3/b9-7-,10-3+,11-5+. The summed E-state index contributed by atoms with van der Waals surface area (Å²) < 4.78 is 30.8. The molecule has 1 rings (SSSR count). The van der Waals surface area contributed by atoms with E-state index >= 15 is 0 Å². The number of ether oxygens (including phenoxy) is 1. The number of rotatable bonds is 2. The number of carbonyl (C=O) groups is 1. The van der Waals surface area contributed by atoms with Crippen molar-refractivity contribution in [2.75, 3.05) is 13.7 Å². The Morgan fingerprint density at radius 2 is 2.24 bits per heavy atom. The Bertz CT molecular complexity index is 422. The Hall–Kier alpha value is -1.91. The zero-order chi connectivity index (χ0) is 12.8. The van der Waals surface area contributed by atoms with Gasteiger partial charge in [-0.25, -0.2) is 8.78 Å². The van der Waals surface area contributed by atoms with Crippen molar-refractivity contribution in [2.45, 2.75) is 6.42 Å². The molecule has 1 aliphatic heterocycles. The molecule has 0 aromatic carbocycles. The molecule has 0 amide bonds. The molecule has 0 saturated carbocycles. The summed E-state index contributed by atoms with van der Waals surface area (Å²) in [6.45, 7) is 3.71. The van der Waals surface area contributed by atoms with E-state index in [0.29, 0.717) is 5.57 Å². The van der Waals surface area contributed by atoms with Crippen LogP contribution in [-0.2, 0) is 9.53 Å². The molecule has 1 aliphatic rings. The molecular formula is C12H13F2NO2. The Labute approximate surface area is 98.1 Å². The zero-order valence-electron chi connectivity index (χ0n) is 9.43. The minimum atomic E-state index is -1.01. The van der Waals surface area contributed by atoms with E-state index in [1.165, 1.54) is 13.3 Å². The first-order valence-electron chi connectivity index (χ1n) is 4.96. The molecule has 0 aliphatic carbocycles. The number of methoxy groups -OCH3 is 1. The molecule has 3 nitrogen and oxygen atoms in total. The molecule has 0 bridgehead atoms. The van der Waals surface area contributed by atoms with Gasteiger partial charge in [0, 0.05) is 12.7 Å². The summed E-state index contributed by atoms with van der Waals surface area (Å²) in [6, 6.07) is 0. The fourth-order valence-corrected chi connectivity index (χ4v) is 1.23. The normalized spacial score (nSPS) is 25.8. The van der Waals surface area contributed by atoms with Crippen LogP contribution in [0.2, 0.25) is 0 Å². The van der Waals surface area contributed by atoms with Crippen LogP contribution in [0.1, 0.15) is 6.42 Å². The number of hydrogen-bond donors (Lipinski definition) is 1. The molecule has 5 heteroatoms. The second-order valence-corrected chi connectivity index (χ2v) is 3.40.